The SMILES string of the molecule is CNCCCCN(C(=N)/C=C(/C)C(N)=NC1=NC2C=CC=CC2S1)c1nc(C(=O)O)c(CCCOc2ccc(C#CCN(C)C)cc2F)s1. The maximum absolute atomic E-state index is 14.6. The first-order valence-electron chi connectivity index (χ1n) is 16.0. The van der Waals surface area contributed by atoms with Crippen molar-refractivity contribution in [3.63, 3.8) is 0 Å². The fraction of sp³-hybridized carbons (Fsp3) is 0.400. The largest absolute Gasteiger partial charge is 0.491 e. The Morgan fingerprint density at radius 3 is 2.78 bits per heavy atom. The molecule has 0 fully saturated rings. The van der Waals surface area contributed by atoms with Gasteiger partial charge in [-0.05, 0) is 90.1 Å². The lowest BCUT2D eigenvalue weighted by Gasteiger charge is -2.21. The first kappa shape index (κ1) is 37.5. The molecule has 260 valence electrons. The number of nitrogens with two attached hydrogens (primary N) is 1. The molecule has 1 aromatic carbocycles. The van der Waals surface area contributed by atoms with Gasteiger partial charge in [0.05, 0.1) is 24.4 Å². The van der Waals surface area contributed by atoms with Crippen molar-refractivity contribution in [2.75, 3.05) is 52.3 Å². The van der Waals surface area contributed by atoms with Crippen LogP contribution in [0.3, 0.4) is 0 Å². The van der Waals surface area contributed by atoms with Crippen molar-refractivity contribution < 1.29 is 19.0 Å². The van der Waals surface area contributed by atoms with E-state index in [0.717, 1.165) is 19.4 Å². The number of amidine groups is 3. The highest BCUT2D eigenvalue weighted by Gasteiger charge is 2.28. The number of nitrogens with zero attached hydrogens (tertiary/aromatic N) is 5. The Kier molecular flexibility index (Phi) is 14.1. The Morgan fingerprint density at radius 2 is 2.06 bits per heavy atom. The van der Waals surface area contributed by atoms with Crippen LogP contribution >= 0.6 is 23.1 Å². The van der Waals surface area contributed by atoms with Gasteiger partial charge in [0.1, 0.15) is 11.7 Å². The predicted octanol–water partition coefficient (Wildman–Crippen LogP) is 4.96. The maximum Gasteiger partial charge on any atom is 0.355 e. The number of aromatic carboxylic acids is 1. The summed E-state index contributed by atoms with van der Waals surface area (Å²) in [5.74, 6) is 4.73. The number of aromatic nitrogens is 1. The molecule has 1 aromatic heterocycles. The van der Waals surface area contributed by atoms with Gasteiger partial charge in [-0.2, -0.15) is 0 Å². The lowest BCUT2D eigenvalue weighted by Crippen LogP contribution is -2.31. The van der Waals surface area contributed by atoms with Crippen LogP contribution in [0.1, 0.15) is 47.1 Å². The van der Waals surface area contributed by atoms with Crippen molar-refractivity contribution in [1.82, 2.24) is 15.2 Å². The Morgan fingerprint density at radius 1 is 1.27 bits per heavy atom. The zero-order valence-electron chi connectivity index (χ0n) is 28.2. The lowest BCUT2D eigenvalue weighted by molar-refractivity contribution is 0.0690. The Hall–Kier alpha value is -4.29. The number of aryl methyl sites for hydroxylation is 1. The molecule has 49 heavy (non-hydrogen) atoms. The van der Waals surface area contributed by atoms with Crippen LogP contribution in [0, 0.1) is 23.1 Å². The molecule has 0 amide bonds. The number of rotatable bonds is 15. The third kappa shape index (κ3) is 11.1. The second kappa shape index (κ2) is 18.5. The average molecular weight is 707 g/mol. The molecule has 1 aliphatic carbocycles. The second-order valence-corrected chi connectivity index (χ2v) is 13.8. The van der Waals surface area contributed by atoms with Gasteiger partial charge in [0.25, 0.3) is 0 Å². The highest BCUT2D eigenvalue weighted by Crippen LogP contribution is 2.32. The number of carbonyl (C=O) groups is 1. The second-order valence-electron chi connectivity index (χ2n) is 11.6. The summed E-state index contributed by atoms with van der Waals surface area (Å²) in [6.07, 6.45) is 12.1. The van der Waals surface area contributed by atoms with Crippen LogP contribution < -0.4 is 20.7 Å². The summed E-state index contributed by atoms with van der Waals surface area (Å²) < 4.78 is 20.3. The summed E-state index contributed by atoms with van der Waals surface area (Å²) in [7, 11) is 5.70. The Labute approximate surface area is 295 Å². The van der Waals surface area contributed by atoms with Gasteiger partial charge < -0.3 is 25.8 Å². The number of unbranched alkanes of at least 4 members (excludes halogenated alkanes) is 1. The van der Waals surface area contributed by atoms with Crippen LogP contribution in [0.15, 0.2) is 64.1 Å². The number of benzene rings is 1. The molecule has 2 atom stereocenters. The third-order valence-electron chi connectivity index (χ3n) is 7.37. The average Bonchev–Trinajstić information content (AvgIpc) is 3.67. The number of fused-ring (bicyclic) bond motifs is 1. The fourth-order valence-corrected chi connectivity index (χ4v) is 6.95. The quantitative estimate of drug-likeness (QED) is 0.0872. The zero-order valence-corrected chi connectivity index (χ0v) is 29.8. The van der Waals surface area contributed by atoms with Gasteiger partial charge in [0, 0.05) is 17.0 Å². The molecule has 4 rings (SSSR count). The number of allylic oxidation sites excluding steroid dienone is 2. The molecule has 0 spiro atoms. The lowest BCUT2D eigenvalue weighted by atomic mass is 10.1. The molecule has 1 aliphatic heterocycles. The van der Waals surface area contributed by atoms with Crippen molar-refractivity contribution in [3.8, 4) is 17.6 Å². The molecule has 2 aliphatic rings. The van der Waals surface area contributed by atoms with Gasteiger partial charge in [-0.1, -0.05) is 47.9 Å². The predicted molar refractivity (Wildman–Crippen MR) is 199 cm³/mol. The van der Waals surface area contributed by atoms with Crippen molar-refractivity contribution in [2.45, 2.75) is 43.9 Å². The molecule has 0 bridgehead atoms. The van der Waals surface area contributed by atoms with Gasteiger partial charge in [-0.25, -0.2) is 19.2 Å². The highest BCUT2D eigenvalue weighted by atomic mass is 32.2. The van der Waals surface area contributed by atoms with Crippen molar-refractivity contribution in [1.29, 1.82) is 5.41 Å². The van der Waals surface area contributed by atoms with Crippen molar-refractivity contribution in [3.05, 3.63) is 76.1 Å². The number of hydrogen-bond donors (Lipinski definition) is 4. The number of thioether (sulfide) groups is 1. The normalized spacial score (nSPS) is 17.1. The minimum atomic E-state index is -1.15. The monoisotopic (exact) mass is 706 g/mol. The smallest absolute Gasteiger partial charge is 0.355 e. The van der Waals surface area contributed by atoms with Crippen LogP contribution in [-0.2, 0) is 6.42 Å². The van der Waals surface area contributed by atoms with E-state index < -0.39 is 11.8 Å². The van der Waals surface area contributed by atoms with E-state index in [1.54, 1.807) is 41.8 Å². The van der Waals surface area contributed by atoms with E-state index in [1.807, 2.05) is 44.3 Å². The van der Waals surface area contributed by atoms with Gasteiger partial charge >= 0.3 is 5.97 Å². The van der Waals surface area contributed by atoms with Crippen LogP contribution in [-0.4, -0.2) is 96.5 Å². The van der Waals surface area contributed by atoms with E-state index in [2.05, 4.69) is 38.2 Å². The topological polar surface area (TPSA) is 153 Å². The third-order valence-corrected chi connectivity index (χ3v) is 9.62. The fourth-order valence-electron chi connectivity index (χ4n) is 4.78. The maximum atomic E-state index is 14.6. The number of aliphatic imine (C=N–C) groups is 2. The summed E-state index contributed by atoms with van der Waals surface area (Å²) >= 11 is 2.77. The number of thiazole rings is 1. The molecule has 14 heteroatoms. The number of ether oxygens (including phenoxy) is 1. The number of nitrogens with one attached hydrogen (secondary N) is 2. The minimum absolute atomic E-state index is 0.0392. The highest BCUT2D eigenvalue weighted by molar-refractivity contribution is 8.14. The van der Waals surface area contributed by atoms with Crippen LogP contribution in [0.2, 0.25) is 0 Å². The summed E-state index contributed by atoms with van der Waals surface area (Å²) in [6.45, 7) is 3.79. The van der Waals surface area contributed by atoms with E-state index >= 15 is 0 Å². The van der Waals surface area contributed by atoms with E-state index in [-0.39, 0.29) is 41.0 Å². The van der Waals surface area contributed by atoms with Gasteiger partial charge in [-0.3, -0.25) is 15.3 Å². The summed E-state index contributed by atoms with van der Waals surface area (Å²) in [5.41, 5.74) is 7.41. The molecule has 2 heterocycles. The Bertz CT molecular complexity index is 1720. The van der Waals surface area contributed by atoms with E-state index in [9.17, 15) is 14.3 Å². The number of carboxylic acids is 1. The standard InChI is InChI=1S/C35H43FN8O3S2/c1-23(32(38)42-34-40-26-12-5-6-13-28(26)48-34)21-30(37)44(19-8-7-17-39-2)35-41-31(33(45)46)29(49-35)14-10-20-47-27-16-15-24(22-25(27)36)11-9-18-43(3)4/h5-6,12-13,15-16,21-22,26,28,37,39H,7-8,10,14,17-20H2,1-4H3,(H,45,46)(H2,38,40,42)/b23-21-,37-30?. The van der Waals surface area contributed by atoms with E-state index in [4.69, 9.17) is 15.9 Å². The first-order chi connectivity index (χ1) is 23.5. The van der Waals surface area contributed by atoms with Crippen LogP contribution in [0.4, 0.5) is 9.52 Å². The van der Waals surface area contributed by atoms with E-state index in [1.165, 1.54) is 17.4 Å². The molecule has 0 saturated heterocycles. The summed E-state index contributed by atoms with van der Waals surface area (Å²) in [6, 6.07) is 4.64. The number of hydrogen-bond acceptors (Lipinski definition) is 10. The van der Waals surface area contributed by atoms with Gasteiger partial charge in [-0.15, -0.1) is 11.3 Å². The molecular formula is C35H43FN8O3S2. The Balaban J connectivity index is 1.44. The molecular weight excluding hydrogens is 664 g/mol. The zero-order chi connectivity index (χ0) is 35.3. The molecule has 0 saturated carbocycles. The molecule has 5 N–H and O–H groups in total. The molecule has 2 aromatic rings. The van der Waals surface area contributed by atoms with Gasteiger partial charge in [0.2, 0.25) is 0 Å². The van der Waals surface area contributed by atoms with Crippen molar-refractivity contribution >= 4 is 51.0 Å². The number of carboxylic acid groups (broad SMARTS) is 1. The minimum Gasteiger partial charge on any atom is -0.491 e. The van der Waals surface area contributed by atoms with E-state index in [0.29, 0.717) is 52.2 Å². The molecule has 11 nitrogen and oxygen atoms in total. The first-order valence-corrected chi connectivity index (χ1v) is 17.7. The molecule has 2 unspecified atom stereocenters. The van der Waals surface area contributed by atoms with Crippen LogP contribution in [0.25, 0.3) is 0 Å². The van der Waals surface area contributed by atoms with Crippen LogP contribution in [0.5, 0.6) is 5.75 Å². The number of anilines is 1. The summed E-state index contributed by atoms with van der Waals surface area (Å²) in [5, 5.41) is 23.3. The molecule has 0 radical (unpaired) electrons. The number of halogens is 1. The summed E-state index contributed by atoms with van der Waals surface area (Å²) in [4.78, 5) is 30.0. The van der Waals surface area contributed by atoms with Crippen molar-refractivity contribution in [2.24, 2.45) is 15.7 Å². The van der Waals surface area contributed by atoms with Gasteiger partial charge in [0.15, 0.2) is 27.6 Å².